The van der Waals surface area contributed by atoms with E-state index in [9.17, 15) is 9.59 Å². The van der Waals surface area contributed by atoms with Crippen molar-refractivity contribution in [3.8, 4) is 0 Å². The number of thioether (sulfide) groups is 1. The number of carbonyl (C=O) groups excluding carboxylic acids is 2. The normalized spacial score (nSPS) is 18.8. The summed E-state index contributed by atoms with van der Waals surface area (Å²) < 4.78 is 0.601. The Morgan fingerprint density at radius 1 is 1.25 bits per heavy atom. The van der Waals surface area contributed by atoms with Gasteiger partial charge in [0.05, 0.1) is 5.69 Å². The number of amides is 2. The maximum Gasteiger partial charge on any atom is 0.247 e. The van der Waals surface area contributed by atoms with Gasteiger partial charge in [0.2, 0.25) is 16.9 Å². The van der Waals surface area contributed by atoms with Crippen molar-refractivity contribution in [2.45, 2.75) is 16.0 Å². The predicted molar refractivity (Wildman–Crippen MR) is 77.5 cm³/mol. The molecule has 1 aliphatic rings. The van der Waals surface area contributed by atoms with Crippen LogP contribution >= 0.6 is 23.1 Å². The first-order chi connectivity index (χ1) is 9.65. The lowest BCUT2D eigenvalue weighted by molar-refractivity contribution is -0.121. The van der Waals surface area contributed by atoms with E-state index in [0.717, 1.165) is 0 Å². The third-order valence-electron chi connectivity index (χ3n) is 2.78. The van der Waals surface area contributed by atoms with Crippen LogP contribution in [0.2, 0.25) is 0 Å². The van der Waals surface area contributed by atoms with Crippen molar-refractivity contribution >= 4 is 45.7 Å². The average Bonchev–Trinajstić information content (AvgIpc) is 2.96. The molecule has 2 N–H and O–H groups in total. The number of aromatic nitrogens is 2. The molecule has 3 rings (SSSR count). The molecule has 1 aliphatic heterocycles. The molecule has 1 aromatic heterocycles. The first kappa shape index (κ1) is 13.1. The van der Waals surface area contributed by atoms with E-state index >= 15 is 0 Å². The van der Waals surface area contributed by atoms with Gasteiger partial charge in [0, 0.05) is 6.42 Å². The van der Waals surface area contributed by atoms with E-state index in [0.29, 0.717) is 15.2 Å². The maximum absolute atomic E-state index is 12.3. The number of hydrogen-bond acceptors (Lipinski definition) is 7. The third kappa shape index (κ3) is 2.39. The van der Waals surface area contributed by atoms with Crippen LogP contribution in [0.25, 0.3) is 0 Å². The number of imide groups is 1. The minimum absolute atomic E-state index is 0.165. The molecular formula is C12H10N4O2S2. The van der Waals surface area contributed by atoms with Crippen molar-refractivity contribution in [2.75, 3.05) is 10.6 Å². The molecular weight excluding hydrogens is 296 g/mol. The summed E-state index contributed by atoms with van der Waals surface area (Å²) in [6, 6.07) is 8.91. The molecule has 0 unspecified atom stereocenters. The second-order valence-corrected chi connectivity index (χ2v) is 6.58. The standard InChI is InChI=1S/C12H10N4O2S2/c13-11-14-15-12(20-11)19-8-6-9(17)16(10(8)18)7-4-2-1-3-5-7/h1-5,8H,6H2,(H2,13,14)/t8-/m1/s1. The molecule has 1 aromatic carbocycles. The Morgan fingerprint density at radius 2 is 2.00 bits per heavy atom. The summed E-state index contributed by atoms with van der Waals surface area (Å²) in [5, 5.41) is 7.44. The molecule has 1 saturated heterocycles. The van der Waals surface area contributed by atoms with Crippen LogP contribution in [0.4, 0.5) is 10.8 Å². The van der Waals surface area contributed by atoms with Gasteiger partial charge in [-0.1, -0.05) is 41.3 Å². The summed E-state index contributed by atoms with van der Waals surface area (Å²) in [7, 11) is 0. The van der Waals surface area contributed by atoms with Gasteiger partial charge in [-0.2, -0.15) is 0 Å². The zero-order valence-electron chi connectivity index (χ0n) is 10.2. The summed E-state index contributed by atoms with van der Waals surface area (Å²) in [5.41, 5.74) is 6.10. The van der Waals surface area contributed by atoms with Crippen molar-refractivity contribution in [3.05, 3.63) is 30.3 Å². The molecule has 102 valence electrons. The number of carbonyl (C=O) groups is 2. The van der Waals surface area contributed by atoms with Crippen LogP contribution in [0.3, 0.4) is 0 Å². The van der Waals surface area contributed by atoms with Crippen LogP contribution in [0.15, 0.2) is 34.7 Å². The Bertz CT molecular complexity index is 658. The van der Waals surface area contributed by atoms with Gasteiger partial charge in [-0.15, -0.1) is 10.2 Å². The van der Waals surface area contributed by atoms with Gasteiger partial charge in [-0.25, -0.2) is 4.90 Å². The molecule has 0 aliphatic carbocycles. The second-order valence-electron chi connectivity index (χ2n) is 4.12. The molecule has 20 heavy (non-hydrogen) atoms. The SMILES string of the molecule is Nc1nnc(S[C@@H]2CC(=O)N(c3ccccc3)C2=O)s1. The smallest absolute Gasteiger partial charge is 0.247 e. The molecule has 2 aromatic rings. The first-order valence-corrected chi connectivity index (χ1v) is 7.52. The highest BCUT2D eigenvalue weighted by Crippen LogP contribution is 2.35. The van der Waals surface area contributed by atoms with E-state index in [-0.39, 0.29) is 18.2 Å². The van der Waals surface area contributed by atoms with Crippen LogP contribution in [0, 0.1) is 0 Å². The highest BCUT2D eigenvalue weighted by atomic mass is 32.2. The lowest BCUT2D eigenvalue weighted by Gasteiger charge is -2.14. The van der Waals surface area contributed by atoms with E-state index in [1.165, 1.54) is 28.0 Å². The summed E-state index contributed by atoms with van der Waals surface area (Å²) in [6.07, 6.45) is 0.165. The lowest BCUT2D eigenvalue weighted by atomic mass is 10.3. The fraction of sp³-hybridized carbons (Fsp3) is 0.167. The zero-order chi connectivity index (χ0) is 14.1. The van der Waals surface area contributed by atoms with Crippen LogP contribution in [0.5, 0.6) is 0 Å². The van der Waals surface area contributed by atoms with Crippen LogP contribution in [-0.2, 0) is 9.59 Å². The van der Waals surface area contributed by atoms with Crippen molar-refractivity contribution in [2.24, 2.45) is 0 Å². The van der Waals surface area contributed by atoms with E-state index in [1.807, 2.05) is 6.07 Å². The van der Waals surface area contributed by atoms with Gasteiger partial charge in [0.25, 0.3) is 0 Å². The monoisotopic (exact) mass is 306 g/mol. The Hall–Kier alpha value is -1.93. The lowest BCUT2D eigenvalue weighted by Crippen LogP contribution is -2.30. The van der Waals surface area contributed by atoms with E-state index < -0.39 is 5.25 Å². The molecule has 0 bridgehead atoms. The summed E-state index contributed by atoms with van der Waals surface area (Å²) >= 11 is 2.45. The van der Waals surface area contributed by atoms with Gasteiger partial charge in [0.1, 0.15) is 5.25 Å². The molecule has 2 amide bonds. The topological polar surface area (TPSA) is 89.2 Å². The third-order valence-corrected chi connectivity index (χ3v) is 4.81. The van der Waals surface area contributed by atoms with Crippen molar-refractivity contribution in [1.29, 1.82) is 0 Å². The maximum atomic E-state index is 12.3. The van der Waals surface area contributed by atoms with Gasteiger partial charge < -0.3 is 5.73 Å². The number of anilines is 2. The highest BCUT2D eigenvalue weighted by Gasteiger charge is 2.40. The largest absolute Gasteiger partial charge is 0.374 e. The molecule has 0 radical (unpaired) electrons. The van der Waals surface area contributed by atoms with Crippen LogP contribution in [-0.4, -0.2) is 27.3 Å². The Kier molecular flexibility index (Phi) is 3.41. The molecule has 1 atom stereocenters. The van der Waals surface area contributed by atoms with Crippen LogP contribution < -0.4 is 10.6 Å². The Labute approximate surface area is 123 Å². The average molecular weight is 306 g/mol. The Morgan fingerprint density at radius 3 is 2.65 bits per heavy atom. The highest BCUT2D eigenvalue weighted by molar-refractivity contribution is 8.02. The summed E-state index contributed by atoms with van der Waals surface area (Å²) in [6.45, 7) is 0. The molecule has 8 heteroatoms. The van der Waals surface area contributed by atoms with Crippen molar-refractivity contribution in [1.82, 2.24) is 10.2 Å². The Balaban J connectivity index is 1.80. The fourth-order valence-corrected chi connectivity index (χ4v) is 3.84. The van der Waals surface area contributed by atoms with Gasteiger partial charge in [-0.05, 0) is 12.1 Å². The predicted octanol–water partition coefficient (Wildman–Crippen LogP) is 1.54. The minimum atomic E-state index is -0.463. The molecule has 1 fully saturated rings. The number of hydrogen-bond donors (Lipinski definition) is 1. The quantitative estimate of drug-likeness (QED) is 0.865. The van der Waals surface area contributed by atoms with E-state index in [1.54, 1.807) is 24.3 Å². The summed E-state index contributed by atoms with van der Waals surface area (Å²) in [5.74, 6) is -0.420. The number of nitrogens with two attached hydrogens (primary N) is 1. The number of para-hydroxylation sites is 1. The van der Waals surface area contributed by atoms with Crippen molar-refractivity contribution in [3.63, 3.8) is 0 Å². The number of benzene rings is 1. The molecule has 0 saturated carbocycles. The van der Waals surface area contributed by atoms with Crippen molar-refractivity contribution < 1.29 is 9.59 Å². The van der Waals surface area contributed by atoms with Gasteiger partial charge in [-0.3, -0.25) is 9.59 Å². The fourth-order valence-electron chi connectivity index (χ4n) is 1.93. The van der Waals surface area contributed by atoms with Gasteiger partial charge in [0.15, 0.2) is 4.34 Å². The van der Waals surface area contributed by atoms with E-state index in [4.69, 9.17) is 5.73 Å². The number of nitrogen functional groups attached to an aromatic ring is 1. The van der Waals surface area contributed by atoms with Crippen LogP contribution in [0.1, 0.15) is 6.42 Å². The number of rotatable bonds is 3. The first-order valence-electron chi connectivity index (χ1n) is 5.82. The van der Waals surface area contributed by atoms with Gasteiger partial charge >= 0.3 is 0 Å². The number of nitrogens with zero attached hydrogens (tertiary/aromatic N) is 3. The molecule has 0 spiro atoms. The summed E-state index contributed by atoms with van der Waals surface area (Å²) in [4.78, 5) is 25.6. The zero-order valence-corrected chi connectivity index (χ0v) is 11.9. The van der Waals surface area contributed by atoms with E-state index in [2.05, 4.69) is 10.2 Å². The molecule has 2 heterocycles. The second kappa shape index (κ2) is 5.22. The molecule has 6 nitrogen and oxygen atoms in total. The minimum Gasteiger partial charge on any atom is -0.374 e.